The Kier molecular flexibility index (Phi) is 6.27. The number of aromatic nitrogens is 4. The molecule has 2 N–H and O–H groups in total. The van der Waals surface area contributed by atoms with E-state index in [1.165, 1.54) is 12.1 Å². The standard InChI is InChI=1S/C24H22F5N7O2/c25-16-4-3-15(10-17(16)26)36-20(37)2-1-5-23(36)6-8-34(9-7-23)18-11-19(33-22(32-18)21(30)38)35-13-14(12-31-35)24(27,28)29/h3-4,10-13H,1-2,5-9H2,(H2,30,38). The molecule has 9 nitrogen and oxygen atoms in total. The largest absolute Gasteiger partial charge is 0.419 e. The van der Waals surface area contributed by atoms with Crippen LogP contribution >= 0.6 is 0 Å². The summed E-state index contributed by atoms with van der Waals surface area (Å²) >= 11 is 0. The van der Waals surface area contributed by atoms with Crippen LogP contribution in [0.4, 0.5) is 33.5 Å². The number of nitrogens with two attached hydrogens (primary N) is 1. The van der Waals surface area contributed by atoms with Gasteiger partial charge in [0.05, 0.1) is 17.3 Å². The lowest BCUT2D eigenvalue weighted by Crippen LogP contribution is -2.60. The number of primary amides is 1. The van der Waals surface area contributed by atoms with Gasteiger partial charge in [0.25, 0.3) is 5.91 Å². The fraction of sp³-hybridized carbons (Fsp3) is 0.375. The first-order chi connectivity index (χ1) is 18.0. The number of carbonyl (C=O) groups is 2. The maximum absolute atomic E-state index is 14.0. The van der Waals surface area contributed by atoms with E-state index < -0.39 is 40.6 Å². The van der Waals surface area contributed by atoms with Gasteiger partial charge in [-0.15, -0.1) is 0 Å². The second kappa shape index (κ2) is 9.33. The van der Waals surface area contributed by atoms with E-state index in [0.717, 1.165) is 23.0 Å². The van der Waals surface area contributed by atoms with Crippen LogP contribution < -0.4 is 15.5 Å². The summed E-state index contributed by atoms with van der Waals surface area (Å²) in [7, 11) is 0. The molecule has 1 spiro atoms. The predicted octanol–water partition coefficient (Wildman–Crippen LogP) is 3.61. The Hall–Kier alpha value is -4.10. The van der Waals surface area contributed by atoms with E-state index >= 15 is 0 Å². The third-order valence-electron chi connectivity index (χ3n) is 7.00. The lowest BCUT2D eigenvalue weighted by atomic mass is 9.78. The normalized spacial score (nSPS) is 17.8. The smallest absolute Gasteiger partial charge is 0.363 e. The maximum atomic E-state index is 14.0. The van der Waals surface area contributed by atoms with Gasteiger partial charge in [-0.2, -0.15) is 18.3 Å². The minimum absolute atomic E-state index is 0.0733. The van der Waals surface area contributed by atoms with Gasteiger partial charge in [-0.25, -0.2) is 23.4 Å². The number of benzene rings is 1. The van der Waals surface area contributed by atoms with Crippen LogP contribution in [-0.4, -0.2) is 50.2 Å². The Morgan fingerprint density at radius 1 is 1.00 bits per heavy atom. The Bertz CT molecular complexity index is 1400. The summed E-state index contributed by atoms with van der Waals surface area (Å²) < 4.78 is 67.6. The summed E-state index contributed by atoms with van der Waals surface area (Å²) in [6.07, 6.45) is -0.751. The molecule has 14 heteroatoms. The van der Waals surface area contributed by atoms with Gasteiger partial charge in [0.2, 0.25) is 11.7 Å². The fourth-order valence-electron chi connectivity index (χ4n) is 5.13. The van der Waals surface area contributed by atoms with E-state index in [-0.39, 0.29) is 29.7 Å². The maximum Gasteiger partial charge on any atom is 0.419 e. The predicted molar refractivity (Wildman–Crippen MR) is 125 cm³/mol. The number of piperidine rings is 2. The van der Waals surface area contributed by atoms with Gasteiger partial charge in [-0.3, -0.25) is 9.59 Å². The molecule has 0 saturated carbocycles. The van der Waals surface area contributed by atoms with Crippen molar-refractivity contribution in [3.05, 3.63) is 59.7 Å². The molecular weight excluding hydrogens is 513 g/mol. The van der Waals surface area contributed by atoms with Crippen LogP contribution in [-0.2, 0) is 11.0 Å². The van der Waals surface area contributed by atoms with E-state index in [4.69, 9.17) is 5.73 Å². The molecule has 2 aliphatic heterocycles. The summed E-state index contributed by atoms with van der Waals surface area (Å²) in [5, 5.41) is 3.71. The highest BCUT2D eigenvalue weighted by Gasteiger charge is 2.45. The number of halogens is 5. The lowest BCUT2D eigenvalue weighted by molar-refractivity contribution is -0.137. The van der Waals surface area contributed by atoms with Gasteiger partial charge in [-0.05, 0) is 37.8 Å². The van der Waals surface area contributed by atoms with Crippen molar-refractivity contribution in [2.45, 2.75) is 43.8 Å². The van der Waals surface area contributed by atoms with Gasteiger partial charge in [-0.1, -0.05) is 0 Å². The van der Waals surface area contributed by atoms with Crippen molar-refractivity contribution in [1.82, 2.24) is 19.7 Å². The molecule has 2 saturated heterocycles. The minimum atomic E-state index is -4.61. The number of alkyl halides is 3. The SMILES string of the molecule is NC(=O)c1nc(N2CCC3(CCCC(=O)N3c3ccc(F)c(F)c3)CC2)cc(-n2cc(C(F)(F)F)cn2)n1. The minimum Gasteiger partial charge on any atom is -0.363 e. The molecule has 0 unspecified atom stereocenters. The van der Waals surface area contributed by atoms with Crippen molar-refractivity contribution in [2.24, 2.45) is 5.73 Å². The number of anilines is 2. The van der Waals surface area contributed by atoms with Crippen LogP contribution in [0.2, 0.25) is 0 Å². The van der Waals surface area contributed by atoms with E-state index in [2.05, 4.69) is 15.1 Å². The number of hydrogen-bond donors (Lipinski definition) is 1. The van der Waals surface area contributed by atoms with Gasteiger partial charge < -0.3 is 15.5 Å². The second-order valence-corrected chi connectivity index (χ2v) is 9.34. The highest BCUT2D eigenvalue weighted by Crippen LogP contribution is 2.42. The fourth-order valence-corrected chi connectivity index (χ4v) is 5.13. The van der Waals surface area contributed by atoms with Crippen LogP contribution in [0.5, 0.6) is 0 Å². The number of rotatable bonds is 4. The van der Waals surface area contributed by atoms with Crippen molar-refractivity contribution in [2.75, 3.05) is 22.9 Å². The average molecular weight is 535 g/mol. The molecule has 2 aromatic heterocycles. The van der Waals surface area contributed by atoms with Crippen molar-refractivity contribution >= 4 is 23.3 Å². The molecule has 38 heavy (non-hydrogen) atoms. The van der Waals surface area contributed by atoms with Crippen LogP contribution in [0.3, 0.4) is 0 Å². The molecule has 4 heterocycles. The molecule has 3 aromatic rings. The monoisotopic (exact) mass is 535 g/mol. The zero-order valence-corrected chi connectivity index (χ0v) is 19.9. The van der Waals surface area contributed by atoms with Crippen molar-refractivity contribution in [3.8, 4) is 5.82 Å². The third kappa shape index (κ3) is 4.65. The molecule has 2 fully saturated rings. The quantitative estimate of drug-likeness (QED) is 0.511. The topological polar surface area (TPSA) is 110 Å². The molecule has 2 aliphatic rings. The lowest BCUT2D eigenvalue weighted by Gasteiger charge is -2.51. The van der Waals surface area contributed by atoms with E-state index in [0.29, 0.717) is 45.0 Å². The van der Waals surface area contributed by atoms with Crippen molar-refractivity contribution in [1.29, 1.82) is 0 Å². The summed E-state index contributed by atoms with van der Waals surface area (Å²) in [6.45, 7) is 0.712. The summed E-state index contributed by atoms with van der Waals surface area (Å²) in [5.74, 6) is -3.42. The summed E-state index contributed by atoms with van der Waals surface area (Å²) in [4.78, 5) is 36.3. The molecule has 2 amide bonds. The molecule has 0 radical (unpaired) electrons. The molecule has 5 rings (SSSR count). The third-order valence-corrected chi connectivity index (χ3v) is 7.00. The molecule has 200 valence electrons. The highest BCUT2D eigenvalue weighted by molar-refractivity contribution is 5.95. The highest BCUT2D eigenvalue weighted by atomic mass is 19.4. The summed E-state index contributed by atoms with van der Waals surface area (Å²) in [6, 6.07) is 4.78. The zero-order valence-electron chi connectivity index (χ0n) is 19.9. The van der Waals surface area contributed by atoms with Crippen molar-refractivity contribution < 1.29 is 31.5 Å². The van der Waals surface area contributed by atoms with Crippen LogP contribution in [0, 0.1) is 11.6 Å². The van der Waals surface area contributed by atoms with E-state index in [1.54, 1.807) is 9.80 Å². The van der Waals surface area contributed by atoms with Gasteiger partial charge >= 0.3 is 6.18 Å². The number of carbonyl (C=O) groups excluding carboxylic acids is 2. The van der Waals surface area contributed by atoms with Gasteiger partial charge in [0.1, 0.15) is 5.82 Å². The Morgan fingerprint density at radius 3 is 2.34 bits per heavy atom. The Labute approximate surface area is 213 Å². The van der Waals surface area contributed by atoms with Crippen LogP contribution in [0.1, 0.15) is 48.3 Å². The number of nitrogens with zero attached hydrogens (tertiary/aromatic N) is 6. The Morgan fingerprint density at radius 2 is 1.71 bits per heavy atom. The number of amides is 2. The van der Waals surface area contributed by atoms with Gasteiger partial charge in [0.15, 0.2) is 17.5 Å². The van der Waals surface area contributed by atoms with Crippen LogP contribution in [0.25, 0.3) is 5.82 Å². The van der Waals surface area contributed by atoms with Crippen LogP contribution in [0.15, 0.2) is 36.7 Å². The van der Waals surface area contributed by atoms with E-state index in [1.807, 2.05) is 0 Å². The molecular formula is C24H22F5N7O2. The van der Waals surface area contributed by atoms with Gasteiger partial charge in [0, 0.05) is 43.5 Å². The number of hydrogen-bond acceptors (Lipinski definition) is 6. The first-order valence-corrected chi connectivity index (χ1v) is 11.8. The molecule has 0 aliphatic carbocycles. The Balaban J connectivity index is 1.43. The molecule has 0 atom stereocenters. The average Bonchev–Trinajstić information content (AvgIpc) is 3.38. The zero-order chi connectivity index (χ0) is 27.2. The summed E-state index contributed by atoms with van der Waals surface area (Å²) in [5.41, 5.74) is 4.03. The van der Waals surface area contributed by atoms with E-state index in [9.17, 15) is 31.5 Å². The molecule has 1 aromatic carbocycles. The first kappa shape index (κ1) is 25.5. The van der Waals surface area contributed by atoms with Crippen molar-refractivity contribution in [3.63, 3.8) is 0 Å². The second-order valence-electron chi connectivity index (χ2n) is 9.34. The molecule has 0 bridgehead atoms. The first-order valence-electron chi connectivity index (χ1n) is 11.8.